The SMILES string of the molecule is Cn1cnc([N+](=O)[O-])c1NCC1(C)CC1. The van der Waals surface area contributed by atoms with Gasteiger partial charge < -0.3 is 15.4 Å². The summed E-state index contributed by atoms with van der Waals surface area (Å²) in [6.07, 6.45) is 3.83. The molecule has 0 radical (unpaired) electrons. The van der Waals surface area contributed by atoms with Crippen LogP contribution in [0.1, 0.15) is 19.8 Å². The van der Waals surface area contributed by atoms with Crippen molar-refractivity contribution in [2.45, 2.75) is 19.8 Å². The summed E-state index contributed by atoms with van der Waals surface area (Å²) < 4.78 is 1.64. The quantitative estimate of drug-likeness (QED) is 0.604. The van der Waals surface area contributed by atoms with Gasteiger partial charge in [0.15, 0.2) is 0 Å². The third-order valence-electron chi connectivity index (χ3n) is 2.88. The summed E-state index contributed by atoms with van der Waals surface area (Å²) in [7, 11) is 1.75. The van der Waals surface area contributed by atoms with E-state index in [0.29, 0.717) is 11.2 Å². The Labute approximate surface area is 87.5 Å². The first-order chi connectivity index (χ1) is 7.02. The fraction of sp³-hybridized carbons (Fsp3) is 0.667. The van der Waals surface area contributed by atoms with Crippen molar-refractivity contribution in [1.29, 1.82) is 0 Å². The van der Waals surface area contributed by atoms with Crippen LogP contribution in [-0.2, 0) is 7.05 Å². The fourth-order valence-corrected chi connectivity index (χ4v) is 1.44. The van der Waals surface area contributed by atoms with E-state index in [-0.39, 0.29) is 5.82 Å². The number of hydrogen-bond acceptors (Lipinski definition) is 4. The second kappa shape index (κ2) is 3.22. The number of imidazole rings is 1. The molecule has 1 heterocycles. The molecule has 0 amide bonds. The van der Waals surface area contributed by atoms with Crippen LogP contribution < -0.4 is 5.32 Å². The Balaban J connectivity index is 2.11. The van der Waals surface area contributed by atoms with Gasteiger partial charge in [-0.3, -0.25) is 4.57 Å². The lowest BCUT2D eigenvalue weighted by Crippen LogP contribution is -2.14. The largest absolute Gasteiger partial charge is 0.406 e. The molecular formula is C9H14N4O2. The molecule has 1 aromatic rings. The Kier molecular flexibility index (Phi) is 2.13. The minimum absolute atomic E-state index is 0.0956. The first-order valence-corrected chi connectivity index (χ1v) is 4.91. The molecule has 2 rings (SSSR count). The smallest absolute Gasteiger partial charge is 0.364 e. The van der Waals surface area contributed by atoms with E-state index >= 15 is 0 Å². The zero-order valence-corrected chi connectivity index (χ0v) is 8.86. The number of nitrogens with zero attached hydrogens (tertiary/aromatic N) is 3. The maximum Gasteiger partial charge on any atom is 0.406 e. The zero-order valence-electron chi connectivity index (χ0n) is 8.86. The summed E-state index contributed by atoms with van der Waals surface area (Å²) in [5.74, 6) is 0.398. The molecule has 0 bridgehead atoms. The van der Waals surface area contributed by atoms with Crippen LogP contribution in [0.15, 0.2) is 6.33 Å². The summed E-state index contributed by atoms with van der Waals surface area (Å²) in [4.78, 5) is 13.9. The normalized spacial score (nSPS) is 17.5. The molecule has 82 valence electrons. The van der Waals surface area contributed by atoms with Crippen molar-refractivity contribution >= 4 is 11.6 Å². The number of aryl methyl sites for hydroxylation is 1. The monoisotopic (exact) mass is 210 g/mol. The molecule has 1 fully saturated rings. The summed E-state index contributed by atoms with van der Waals surface area (Å²) in [5, 5.41) is 13.8. The van der Waals surface area contributed by atoms with E-state index in [4.69, 9.17) is 0 Å². The Hall–Kier alpha value is -1.59. The zero-order chi connectivity index (χ0) is 11.1. The third kappa shape index (κ3) is 1.93. The lowest BCUT2D eigenvalue weighted by Gasteiger charge is -2.10. The Morgan fingerprint density at radius 2 is 2.40 bits per heavy atom. The van der Waals surface area contributed by atoms with Crippen LogP contribution in [0.4, 0.5) is 11.6 Å². The van der Waals surface area contributed by atoms with Gasteiger partial charge in [-0.15, -0.1) is 0 Å². The second-order valence-electron chi connectivity index (χ2n) is 4.45. The van der Waals surface area contributed by atoms with Gasteiger partial charge in [0.1, 0.15) is 0 Å². The maximum absolute atomic E-state index is 10.7. The van der Waals surface area contributed by atoms with E-state index in [2.05, 4.69) is 17.2 Å². The van der Waals surface area contributed by atoms with Crippen molar-refractivity contribution < 1.29 is 4.92 Å². The van der Waals surface area contributed by atoms with Gasteiger partial charge in [0.2, 0.25) is 12.1 Å². The van der Waals surface area contributed by atoms with E-state index in [0.717, 1.165) is 6.54 Å². The first kappa shape index (κ1) is 9.95. The van der Waals surface area contributed by atoms with Gasteiger partial charge in [0, 0.05) is 13.6 Å². The van der Waals surface area contributed by atoms with Crippen molar-refractivity contribution in [2.75, 3.05) is 11.9 Å². The van der Waals surface area contributed by atoms with Crippen molar-refractivity contribution in [1.82, 2.24) is 9.55 Å². The van der Waals surface area contributed by atoms with Gasteiger partial charge in [-0.2, -0.15) is 0 Å². The molecule has 0 atom stereocenters. The molecule has 1 N–H and O–H groups in total. The molecule has 0 spiro atoms. The number of nitrogens with one attached hydrogen (secondary N) is 1. The van der Waals surface area contributed by atoms with E-state index < -0.39 is 4.92 Å². The first-order valence-electron chi connectivity index (χ1n) is 4.91. The average molecular weight is 210 g/mol. The minimum Gasteiger partial charge on any atom is -0.364 e. The Morgan fingerprint density at radius 1 is 1.73 bits per heavy atom. The van der Waals surface area contributed by atoms with E-state index in [1.807, 2.05) is 0 Å². The summed E-state index contributed by atoms with van der Waals surface area (Å²) >= 11 is 0. The van der Waals surface area contributed by atoms with Crippen LogP contribution in [0, 0.1) is 15.5 Å². The Morgan fingerprint density at radius 3 is 2.93 bits per heavy atom. The molecule has 0 saturated heterocycles. The van der Waals surface area contributed by atoms with Gasteiger partial charge in [0.25, 0.3) is 0 Å². The highest BCUT2D eigenvalue weighted by atomic mass is 16.6. The second-order valence-corrected chi connectivity index (χ2v) is 4.45. The highest BCUT2D eigenvalue weighted by Gasteiger charge is 2.37. The average Bonchev–Trinajstić information content (AvgIpc) is 2.76. The molecule has 0 unspecified atom stereocenters. The lowest BCUT2D eigenvalue weighted by molar-refractivity contribution is -0.388. The Bertz CT molecular complexity index is 395. The van der Waals surface area contributed by atoms with E-state index in [9.17, 15) is 10.1 Å². The van der Waals surface area contributed by atoms with Crippen molar-refractivity contribution in [2.24, 2.45) is 12.5 Å². The maximum atomic E-state index is 10.7. The van der Waals surface area contributed by atoms with Crippen LogP contribution >= 0.6 is 0 Å². The minimum atomic E-state index is -0.461. The molecular weight excluding hydrogens is 196 g/mol. The van der Waals surface area contributed by atoms with Gasteiger partial charge in [-0.1, -0.05) is 6.92 Å². The predicted octanol–water partition coefficient (Wildman–Crippen LogP) is 1.54. The third-order valence-corrected chi connectivity index (χ3v) is 2.88. The highest BCUT2D eigenvalue weighted by Crippen LogP contribution is 2.45. The fourth-order valence-electron chi connectivity index (χ4n) is 1.44. The number of hydrogen-bond donors (Lipinski definition) is 1. The molecule has 1 aliphatic rings. The molecule has 1 saturated carbocycles. The van der Waals surface area contributed by atoms with Crippen molar-refractivity contribution in [3.8, 4) is 0 Å². The predicted molar refractivity (Wildman–Crippen MR) is 55.7 cm³/mol. The summed E-state index contributed by atoms with van der Waals surface area (Å²) in [5.41, 5.74) is 0.318. The van der Waals surface area contributed by atoms with Crippen molar-refractivity contribution in [3.05, 3.63) is 16.4 Å². The van der Waals surface area contributed by atoms with Crippen molar-refractivity contribution in [3.63, 3.8) is 0 Å². The number of aromatic nitrogens is 2. The topological polar surface area (TPSA) is 73.0 Å². The van der Waals surface area contributed by atoms with Gasteiger partial charge in [-0.25, -0.2) is 0 Å². The molecule has 6 heteroatoms. The van der Waals surface area contributed by atoms with Crippen LogP contribution in [0.5, 0.6) is 0 Å². The van der Waals surface area contributed by atoms with Crippen LogP contribution in [0.25, 0.3) is 0 Å². The highest BCUT2D eigenvalue weighted by molar-refractivity contribution is 5.52. The van der Waals surface area contributed by atoms with Gasteiger partial charge in [0.05, 0.1) is 0 Å². The van der Waals surface area contributed by atoms with Gasteiger partial charge in [-0.05, 0) is 28.2 Å². The van der Waals surface area contributed by atoms with Gasteiger partial charge >= 0.3 is 5.82 Å². The molecule has 6 nitrogen and oxygen atoms in total. The van der Waals surface area contributed by atoms with Crippen LogP contribution in [-0.4, -0.2) is 21.0 Å². The number of anilines is 1. The summed E-state index contributed by atoms with van der Waals surface area (Å²) in [6.45, 7) is 2.94. The van der Waals surface area contributed by atoms with E-state index in [1.54, 1.807) is 11.6 Å². The molecule has 0 aliphatic heterocycles. The molecule has 1 aliphatic carbocycles. The van der Waals surface area contributed by atoms with Crippen LogP contribution in [0.3, 0.4) is 0 Å². The number of rotatable bonds is 4. The molecule has 1 aromatic heterocycles. The molecule has 0 aromatic carbocycles. The molecule has 15 heavy (non-hydrogen) atoms. The number of nitro groups is 1. The summed E-state index contributed by atoms with van der Waals surface area (Å²) in [6, 6.07) is 0. The van der Waals surface area contributed by atoms with E-state index in [1.165, 1.54) is 19.2 Å². The lowest BCUT2D eigenvalue weighted by atomic mass is 10.1. The van der Waals surface area contributed by atoms with Crippen LogP contribution in [0.2, 0.25) is 0 Å². The standard InChI is InChI=1S/C9H14N4O2/c1-9(3-4-9)5-10-7-8(13(14)15)11-6-12(7)2/h6,10H,3-5H2,1-2H3.